The fraction of sp³-hybridized carbons (Fsp3) is 0.667. The Morgan fingerprint density at radius 1 is 1.15 bits per heavy atom. The highest BCUT2D eigenvalue weighted by atomic mass is 16.5. The summed E-state index contributed by atoms with van der Waals surface area (Å²) in [5.41, 5.74) is 7.80. The van der Waals surface area contributed by atoms with Crippen LogP contribution in [0.15, 0.2) is 30.3 Å². The molecule has 2 N–H and O–H groups in total. The summed E-state index contributed by atoms with van der Waals surface area (Å²) in [4.78, 5) is 0. The minimum atomic E-state index is 0.133. The summed E-state index contributed by atoms with van der Waals surface area (Å²) in [7, 11) is 0. The summed E-state index contributed by atoms with van der Waals surface area (Å²) >= 11 is 0. The van der Waals surface area contributed by atoms with Gasteiger partial charge in [-0.1, -0.05) is 70.9 Å². The van der Waals surface area contributed by atoms with Crippen LogP contribution in [0.5, 0.6) is 0 Å². The van der Waals surface area contributed by atoms with Crippen LogP contribution >= 0.6 is 0 Å². The van der Waals surface area contributed by atoms with Crippen LogP contribution in [0.4, 0.5) is 0 Å². The lowest BCUT2D eigenvalue weighted by Gasteiger charge is -2.34. The number of benzene rings is 1. The van der Waals surface area contributed by atoms with Crippen molar-refractivity contribution < 1.29 is 4.74 Å². The number of nitrogens with two attached hydrogens (primary N) is 1. The first-order valence-corrected chi connectivity index (χ1v) is 7.82. The first-order valence-electron chi connectivity index (χ1n) is 7.82. The van der Waals surface area contributed by atoms with E-state index in [9.17, 15) is 0 Å². The minimum Gasteiger partial charge on any atom is -0.376 e. The molecule has 0 bridgehead atoms. The highest BCUT2D eigenvalue weighted by Gasteiger charge is 2.28. The molecule has 2 atom stereocenters. The van der Waals surface area contributed by atoms with E-state index in [-0.39, 0.29) is 11.5 Å². The molecule has 2 nitrogen and oxygen atoms in total. The van der Waals surface area contributed by atoms with E-state index in [4.69, 9.17) is 10.5 Å². The van der Waals surface area contributed by atoms with Crippen LogP contribution in [0.1, 0.15) is 52.5 Å². The summed E-state index contributed by atoms with van der Waals surface area (Å²) in [5.74, 6) is 0.443. The van der Waals surface area contributed by atoms with Gasteiger partial charge in [0.1, 0.15) is 0 Å². The lowest BCUT2D eigenvalue weighted by atomic mass is 9.78. The number of hydrogen-bond donors (Lipinski definition) is 1. The molecule has 0 heterocycles. The maximum absolute atomic E-state index is 6.44. The predicted octanol–water partition coefficient (Wildman–Crippen LogP) is 4.38. The van der Waals surface area contributed by atoms with Crippen molar-refractivity contribution in [3.63, 3.8) is 0 Å². The molecule has 0 saturated heterocycles. The largest absolute Gasteiger partial charge is 0.376 e. The van der Waals surface area contributed by atoms with E-state index in [0.717, 1.165) is 13.0 Å². The van der Waals surface area contributed by atoms with Crippen LogP contribution in [0.3, 0.4) is 0 Å². The van der Waals surface area contributed by atoms with E-state index < -0.39 is 0 Å². The Bertz CT molecular complexity index is 355. The molecule has 0 saturated carbocycles. The van der Waals surface area contributed by atoms with Gasteiger partial charge in [-0.25, -0.2) is 0 Å². The van der Waals surface area contributed by atoms with Gasteiger partial charge in [0.05, 0.1) is 13.2 Å². The number of hydrogen-bond acceptors (Lipinski definition) is 2. The third-order valence-corrected chi connectivity index (χ3v) is 3.88. The minimum absolute atomic E-state index is 0.133. The van der Waals surface area contributed by atoms with Crippen molar-refractivity contribution >= 4 is 0 Å². The molecule has 1 rings (SSSR count). The van der Waals surface area contributed by atoms with Crippen LogP contribution < -0.4 is 5.73 Å². The average Bonchev–Trinajstić information content (AvgIpc) is 2.42. The van der Waals surface area contributed by atoms with Crippen molar-refractivity contribution in [3.05, 3.63) is 35.9 Å². The Hall–Kier alpha value is -0.860. The van der Waals surface area contributed by atoms with Gasteiger partial charge in [0.25, 0.3) is 0 Å². The summed E-state index contributed by atoms with van der Waals surface area (Å²) < 4.78 is 5.92. The molecule has 1 aromatic carbocycles. The molecule has 0 aliphatic heterocycles. The molecule has 0 aliphatic rings. The molecule has 0 radical (unpaired) electrons. The van der Waals surface area contributed by atoms with Crippen molar-refractivity contribution in [3.8, 4) is 0 Å². The Morgan fingerprint density at radius 3 is 2.35 bits per heavy atom. The molecular formula is C18H31NO. The van der Waals surface area contributed by atoms with Gasteiger partial charge in [0.15, 0.2) is 0 Å². The molecule has 0 aliphatic carbocycles. The second kappa shape index (κ2) is 8.43. The van der Waals surface area contributed by atoms with E-state index >= 15 is 0 Å². The molecule has 2 heteroatoms. The highest BCUT2D eigenvalue weighted by molar-refractivity contribution is 5.13. The molecule has 0 spiro atoms. The standard InChI is InChI=1S/C18H31NO/c1-5-6-12-16(17(19)18(2,3)4)14-20-13-15-10-8-7-9-11-15/h7-11,16-17H,5-6,12-14,19H2,1-4H3/t16-,17-/m0/s1. The lowest BCUT2D eigenvalue weighted by molar-refractivity contribution is 0.0564. The Morgan fingerprint density at radius 2 is 1.80 bits per heavy atom. The maximum atomic E-state index is 6.44. The second-order valence-electron chi connectivity index (χ2n) is 6.79. The maximum Gasteiger partial charge on any atom is 0.0717 e. The fourth-order valence-corrected chi connectivity index (χ4v) is 2.44. The van der Waals surface area contributed by atoms with E-state index in [1.165, 1.54) is 18.4 Å². The van der Waals surface area contributed by atoms with Gasteiger partial charge < -0.3 is 10.5 Å². The van der Waals surface area contributed by atoms with Crippen molar-refractivity contribution in [2.75, 3.05) is 6.61 Å². The molecule has 20 heavy (non-hydrogen) atoms. The van der Waals surface area contributed by atoms with Gasteiger partial charge in [-0.15, -0.1) is 0 Å². The topological polar surface area (TPSA) is 35.2 Å². The Kier molecular flexibility index (Phi) is 7.25. The van der Waals surface area contributed by atoms with E-state index in [1.807, 2.05) is 18.2 Å². The number of unbranched alkanes of at least 4 members (excludes halogenated alkanes) is 1. The monoisotopic (exact) mass is 277 g/mol. The molecule has 0 unspecified atom stereocenters. The third kappa shape index (κ3) is 6.06. The van der Waals surface area contributed by atoms with Gasteiger partial charge >= 0.3 is 0 Å². The van der Waals surface area contributed by atoms with Crippen molar-refractivity contribution in [1.82, 2.24) is 0 Å². The molecule has 0 amide bonds. The van der Waals surface area contributed by atoms with Crippen molar-refractivity contribution in [2.45, 2.75) is 59.6 Å². The van der Waals surface area contributed by atoms with Crippen LogP contribution in [0.2, 0.25) is 0 Å². The Balaban J connectivity index is 2.48. The third-order valence-electron chi connectivity index (χ3n) is 3.88. The van der Waals surface area contributed by atoms with Crippen molar-refractivity contribution in [2.24, 2.45) is 17.1 Å². The first-order chi connectivity index (χ1) is 9.45. The Labute approximate surface area is 124 Å². The molecule has 0 aromatic heterocycles. The predicted molar refractivity (Wildman–Crippen MR) is 86.5 cm³/mol. The number of rotatable bonds is 8. The van der Waals surface area contributed by atoms with Gasteiger partial charge in [-0.05, 0) is 23.3 Å². The number of ether oxygens (including phenoxy) is 1. The smallest absolute Gasteiger partial charge is 0.0717 e. The average molecular weight is 277 g/mol. The molecule has 114 valence electrons. The summed E-state index contributed by atoms with van der Waals surface area (Å²) in [6, 6.07) is 10.5. The normalized spacial score (nSPS) is 15.1. The summed E-state index contributed by atoms with van der Waals surface area (Å²) in [6.07, 6.45) is 3.60. The van der Waals surface area contributed by atoms with Gasteiger partial charge in [0.2, 0.25) is 0 Å². The second-order valence-corrected chi connectivity index (χ2v) is 6.79. The highest BCUT2D eigenvalue weighted by Crippen LogP contribution is 2.27. The quantitative estimate of drug-likeness (QED) is 0.765. The van der Waals surface area contributed by atoms with Gasteiger partial charge in [-0.2, -0.15) is 0 Å². The zero-order valence-electron chi connectivity index (χ0n) is 13.6. The van der Waals surface area contributed by atoms with Crippen LogP contribution in [-0.2, 0) is 11.3 Å². The van der Waals surface area contributed by atoms with Crippen LogP contribution in [-0.4, -0.2) is 12.6 Å². The van der Waals surface area contributed by atoms with Gasteiger partial charge in [-0.3, -0.25) is 0 Å². The zero-order valence-corrected chi connectivity index (χ0v) is 13.6. The van der Waals surface area contributed by atoms with Gasteiger partial charge in [0, 0.05) is 6.04 Å². The molecule has 1 aromatic rings. The van der Waals surface area contributed by atoms with E-state index in [0.29, 0.717) is 12.5 Å². The zero-order chi connectivity index (χ0) is 15.0. The first kappa shape index (κ1) is 17.2. The SMILES string of the molecule is CCCC[C@@H](COCc1ccccc1)[C@H](N)C(C)(C)C. The van der Waals surface area contributed by atoms with Crippen molar-refractivity contribution in [1.29, 1.82) is 0 Å². The lowest BCUT2D eigenvalue weighted by Crippen LogP contribution is -2.43. The molecule has 0 fully saturated rings. The summed E-state index contributed by atoms with van der Waals surface area (Å²) in [5, 5.41) is 0. The van der Waals surface area contributed by atoms with Crippen LogP contribution in [0, 0.1) is 11.3 Å². The van der Waals surface area contributed by atoms with Crippen LogP contribution in [0.25, 0.3) is 0 Å². The summed E-state index contributed by atoms with van der Waals surface area (Å²) in [6.45, 7) is 10.3. The molecular weight excluding hydrogens is 246 g/mol. The fourth-order valence-electron chi connectivity index (χ4n) is 2.44. The van der Waals surface area contributed by atoms with E-state index in [1.54, 1.807) is 0 Å². The van der Waals surface area contributed by atoms with E-state index in [2.05, 4.69) is 39.8 Å².